The zero-order valence-electron chi connectivity index (χ0n) is 8.80. The molecule has 0 amide bonds. The molecule has 2 rings (SSSR count). The van der Waals surface area contributed by atoms with Crippen LogP contribution in [-0.4, -0.2) is 22.6 Å². The summed E-state index contributed by atoms with van der Waals surface area (Å²) in [6.45, 7) is 1.92. The van der Waals surface area contributed by atoms with E-state index < -0.39 is 11.9 Å². The van der Waals surface area contributed by atoms with Crippen LogP contribution in [0.25, 0.3) is 11.1 Å². The highest BCUT2D eigenvalue weighted by atomic mass is 16.4. The minimum absolute atomic E-state index is 0.294. The molecule has 0 aliphatic heterocycles. The maximum absolute atomic E-state index is 10.6. The number of aliphatic carboxylic acids is 1. The summed E-state index contributed by atoms with van der Waals surface area (Å²) in [6, 6.07) is 7.74. The fraction of sp³-hybridized carbons (Fsp3) is 0.273. The van der Waals surface area contributed by atoms with Gasteiger partial charge in [-0.05, 0) is 12.1 Å². The van der Waals surface area contributed by atoms with Gasteiger partial charge in [0.2, 0.25) is 0 Å². The van der Waals surface area contributed by atoms with E-state index in [4.69, 9.17) is 9.52 Å². The van der Waals surface area contributed by atoms with Gasteiger partial charge in [-0.3, -0.25) is 4.79 Å². The standard InChI is InChI=1S/C11H12N2O3/c1-7(10(14)15)6-12-11-13-8-4-2-3-5-9(8)16-11/h2-5,7H,6H2,1H3,(H,12,13)(H,14,15). The van der Waals surface area contributed by atoms with Gasteiger partial charge in [0.05, 0.1) is 5.92 Å². The van der Waals surface area contributed by atoms with E-state index in [1.165, 1.54) is 0 Å². The predicted molar refractivity (Wildman–Crippen MR) is 59.3 cm³/mol. The third-order valence-corrected chi connectivity index (χ3v) is 2.27. The lowest BCUT2D eigenvalue weighted by Gasteiger charge is -2.04. The number of carboxylic acids is 1. The molecule has 1 aromatic carbocycles. The molecule has 2 N–H and O–H groups in total. The smallest absolute Gasteiger partial charge is 0.308 e. The number of benzene rings is 1. The lowest BCUT2D eigenvalue weighted by molar-refractivity contribution is -0.140. The number of rotatable bonds is 4. The van der Waals surface area contributed by atoms with Crippen molar-refractivity contribution in [3.05, 3.63) is 24.3 Å². The Morgan fingerprint density at radius 3 is 3.00 bits per heavy atom. The molecule has 5 heteroatoms. The van der Waals surface area contributed by atoms with E-state index in [1.807, 2.05) is 24.3 Å². The molecule has 0 spiro atoms. The van der Waals surface area contributed by atoms with Gasteiger partial charge in [0, 0.05) is 6.54 Å². The zero-order chi connectivity index (χ0) is 11.5. The first-order chi connectivity index (χ1) is 7.66. The van der Waals surface area contributed by atoms with Gasteiger partial charge in [0.15, 0.2) is 5.58 Å². The molecule has 16 heavy (non-hydrogen) atoms. The Bertz CT molecular complexity index is 474. The molecule has 0 saturated carbocycles. The highest BCUT2D eigenvalue weighted by Gasteiger charge is 2.12. The molecule has 1 heterocycles. The summed E-state index contributed by atoms with van der Waals surface area (Å²) >= 11 is 0. The zero-order valence-corrected chi connectivity index (χ0v) is 8.80. The largest absolute Gasteiger partial charge is 0.481 e. The molecule has 1 atom stereocenters. The maximum atomic E-state index is 10.6. The van der Waals surface area contributed by atoms with E-state index >= 15 is 0 Å². The second-order valence-electron chi connectivity index (χ2n) is 3.61. The second-order valence-corrected chi connectivity index (χ2v) is 3.61. The molecule has 84 valence electrons. The lowest BCUT2D eigenvalue weighted by Crippen LogP contribution is -2.19. The van der Waals surface area contributed by atoms with Gasteiger partial charge < -0.3 is 14.8 Å². The van der Waals surface area contributed by atoms with Gasteiger partial charge in [0.1, 0.15) is 5.52 Å². The van der Waals surface area contributed by atoms with E-state index in [2.05, 4.69) is 10.3 Å². The number of aromatic nitrogens is 1. The number of fused-ring (bicyclic) bond motifs is 1. The second kappa shape index (κ2) is 4.22. The molecule has 0 bridgehead atoms. The number of nitrogens with zero attached hydrogens (tertiary/aromatic N) is 1. The van der Waals surface area contributed by atoms with Crippen LogP contribution in [0.4, 0.5) is 6.01 Å². The van der Waals surface area contributed by atoms with Crippen LogP contribution in [0.1, 0.15) is 6.92 Å². The van der Waals surface area contributed by atoms with E-state index in [9.17, 15) is 4.79 Å². The first kappa shape index (κ1) is 10.5. The number of anilines is 1. The Kier molecular flexibility index (Phi) is 2.76. The van der Waals surface area contributed by atoms with Crippen molar-refractivity contribution in [1.29, 1.82) is 0 Å². The molecule has 0 radical (unpaired) electrons. The molecule has 0 saturated heterocycles. The van der Waals surface area contributed by atoms with Crippen molar-refractivity contribution in [2.45, 2.75) is 6.92 Å². The van der Waals surface area contributed by atoms with Crippen molar-refractivity contribution in [1.82, 2.24) is 4.98 Å². The number of hydrogen-bond donors (Lipinski definition) is 2. The summed E-state index contributed by atoms with van der Waals surface area (Å²) in [6.07, 6.45) is 0. The minimum Gasteiger partial charge on any atom is -0.481 e. The van der Waals surface area contributed by atoms with Gasteiger partial charge in [0.25, 0.3) is 6.01 Å². The molecule has 2 aromatic rings. The summed E-state index contributed by atoms with van der Waals surface area (Å²) in [4.78, 5) is 14.8. The van der Waals surface area contributed by atoms with Crippen LogP contribution in [0.5, 0.6) is 0 Å². The normalized spacial score (nSPS) is 12.6. The summed E-state index contributed by atoms with van der Waals surface area (Å²) in [5.41, 5.74) is 1.45. The van der Waals surface area contributed by atoms with E-state index in [0.717, 1.165) is 5.52 Å². The van der Waals surface area contributed by atoms with Crippen LogP contribution >= 0.6 is 0 Å². The number of para-hydroxylation sites is 2. The monoisotopic (exact) mass is 220 g/mol. The number of nitrogens with one attached hydrogen (secondary N) is 1. The van der Waals surface area contributed by atoms with E-state index in [0.29, 0.717) is 18.1 Å². The Morgan fingerprint density at radius 1 is 1.56 bits per heavy atom. The van der Waals surface area contributed by atoms with Gasteiger partial charge in [-0.15, -0.1) is 0 Å². The maximum Gasteiger partial charge on any atom is 0.308 e. The molecule has 5 nitrogen and oxygen atoms in total. The predicted octanol–water partition coefficient (Wildman–Crippen LogP) is 1.96. The van der Waals surface area contributed by atoms with Gasteiger partial charge >= 0.3 is 5.97 Å². The topological polar surface area (TPSA) is 75.4 Å². The van der Waals surface area contributed by atoms with Crippen LogP contribution in [0.2, 0.25) is 0 Å². The Balaban J connectivity index is 2.07. The van der Waals surface area contributed by atoms with Crippen LogP contribution in [0.3, 0.4) is 0 Å². The molecular weight excluding hydrogens is 208 g/mol. The van der Waals surface area contributed by atoms with Crippen LogP contribution in [-0.2, 0) is 4.79 Å². The molecule has 1 aromatic heterocycles. The highest BCUT2D eigenvalue weighted by molar-refractivity contribution is 5.74. The molecule has 0 aliphatic rings. The third kappa shape index (κ3) is 2.13. The van der Waals surface area contributed by atoms with Crippen molar-refractivity contribution < 1.29 is 14.3 Å². The van der Waals surface area contributed by atoms with Crippen molar-refractivity contribution in [2.24, 2.45) is 5.92 Å². The average molecular weight is 220 g/mol. The van der Waals surface area contributed by atoms with Crippen LogP contribution in [0.15, 0.2) is 28.7 Å². The quantitative estimate of drug-likeness (QED) is 0.823. The van der Waals surface area contributed by atoms with Crippen molar-refractivity contribution in [3.8, 4) is 0 Å². The number of hydrogen-bond acceptors (Lipinski definition) is 4. The Labute approximate surface area is 92.1 Å². The molecule has 0 aliphatic carbocycles. The van der Waals surface area contributed by atoms with Crippen molar-refractivity contribution in [3.63, 3.8) is 0 Å². The van der Waals surface area contributed by atoms with Crippen molar-refractivity contribution in [2.75, 3.05) is 11.9 Å². The SMILES string of the molecule is CC(CNc1nc2ccccc2o1)C(=O)O. The number of carboxylic acid groups (broad SMARTS) is 1. The first-order valence-electron chi connectivity index (χ1n) is 4.99. The molecule has 0 fully saturated rings. The summed E-state index contributed by atoms with van der Waals surface area (Å²) in [7, 11) is 0. The fourth-order valence-electron chi connectivity index (χ4n) is 1.28. The number of carbonyl (C=O) groups is 1. The van der Waals surface area contributed by atoms with Crippen LogP contribution < -0.4 is 5.32 Å². The van der Waals surface area contributed by atoms with Crippen LogP contribution in [0, 0.1) is 5.92 Å². The first-order valence-corrected chi connectivity index (χ1v) is 4.99. The van der Waals surface area contributed by atoms with Gasteiger partial charge in [-0.1, -0.05) is 19.1 Å². The molecular formula is C11H12N2O3. The van der Waals surface area contributed by atoms with Gasteiger partial charge in [-0.25, -0.2) is 0 Å². The number of oxazole rings is 1. The Morgan fingerprint density at radius 2 is 2.31 bits per heavy atom. The highest BCUT2D eigenvalue weighted by Crippen LogP contribution is 2.18. The lowest BCUT2D eigenvalue weighted by atomic mass is 10.2. The molecule has 1 unspecified atom stereocenters. The fourth-order valence-corrected chi connectivity index (χ4v) is 1.28. The minimum atomic E-state index is -0.844. The third-order valence-electron chi connectivity index (χ3n) is 2.27. The van der Waals surface area contributed by atoms with Crippen molar-refractivity contribution >= 4 is 23.1 Å². The van der Waals surface area contributed by atoms with E-state index in [-0.39, 0.29) is 0 Å². The van der Waals surface area contributed by atoms with Gasteiger partial charge in [-0.2, -0.15) is 4.98 Å². The summed E-state index contributed by atoms with van der Waals surface area (Å²) in [5.74, 6) is -1.32. The summed E-state index contributed by atoms with van der Waals surface area (Å²) < 4.78 is 5.38. The Hall–Kier alpha value is -2.04. The van der Waals surface area contributed by atoms with E-state index in [1.54, 1.807) is 6.92 Å². The summed E-state index contributed by atoms with van der Waals surface area (Å²) in [5, 5.41) is 11.6. The average Bonchev–Trinajstić information content (AvgIpc) is 2.68.